The molecule has 94 valence electrons. The normalized spacial score (nSPS) is 10.3. The molecule has 2 aromatic rings. The first-order chi connectivity index (χ1) is 8.63. The van der Waals surface area contributed by atoms with Gasteiger partial charge in [-0.25, -0.2) is 4.39 Å². The molecule has 0 bridgehead atoms. The van der Waals surface area contributed by atoms with Gasteiger partial charge in [-0.15, -0.1) is 0 Å². The van der Waals surface area contributed by atoms with Crippen molar-refractivity contribution >= 4 is 28.2 Å². The van der Waals surface area contributed by atoms with Gasteiger partial charge in [0, 0.05) is 24.3 Å². The van der Waals surface area contributed by atoms with Crippen molar-refractivity contribution in [1.82, 2.24) is 10.3 Å². The molecule has 0 aliphatic carbocycles. The van der Waals surface area contributed by atoms with Gasteiger partial charge in [-0.1, -0.05) is 0 Å². The zero-order chi connectivity index (χ0) is 13.1. The van der Waals surface area contributed by atoms with E-state index in [0.717, 1.165) is 0 Å². The number of anilines is 2. The van der Waals surface area contributed by atoms with Crippen LogP contribution in [0.4, 0.5) is 15.8 Å². The zero-order valence-electron chi connectivity index (χ0n) is 9.83. The van der Waals surface area contributed by atoms with Crippen molar-refractivity contribution < 1.29 is 9.18 Å². The molecule has 0 aliphatic rings. The highest BCUT2D eigenvalue weighted by Crippen LogP contribution is 2.29. The molecule has 0 unspecified atom stereocenters. The Balaban J connectivity index is 2.46. The summed E-state index contributed by atoms with van der Waals surface area (Å²) in [5, 5.41) is 5.83. The number of amides is 1. The van der Waals surface area contributed by atoms with Crippen molar-refractivity contribution in [3.8, 4) is 0 Å². The number of likely N-dealkylation sites (N-methyl/N-ethyl adjacent to an activating group) is 1. The maximum Gasteiger partial charge on any atom is 0.239 e. The van der Waals surface area contributed by atoms with E-state index in [9.17, 15) is 9.18 Å². The summed E-state index contributed by atoms with van der Waals surface area (Å²) in [7, 11) is 1.51. The highest BCUT2D eigenvalue weighted by molar-refractivity contribution is 5.99. The molecule has 0 saturated heterocycles. The molecule has 1 amide bonds. The number of carbonyl (C=O) groups excluding carboxylic acids is 1. The second-order valence-corrected chi connectivity index (χ2v) is 3.75. The Kier molecular flexibility index (Phi) is 3.27. The van der Waals surface area contributed by atoms with Crippen LogP contribution in [0.15, 0.2) is 24.4 Å². The van der Waals surface area contributed by atoms with Crippen LogP contribution in [-0.2, 0) is 4.79 Å². The van der Waals surface area contributed by atoms with Crippen molar-refractivity contribution in [3.05, 3.63) is 30.2 Å². The summed E-state index contributed by atoms with van der Waals surface area (Å²) in [5.41, 5.74) is 6.64. The Morgan fingerprint density at radius 1 is 1.56 bits per heavy atom. The van der Waals surface area contributed by atoms with E-state index in [1.54, 1.807) is 18.3 Å². The lowest BCUT2D eigenvalue weighted by molar-refractivity contribution is -0.118. The quantitative estimate of drug-likeness (QED) is 0.711. The monoisotopic (exact) mass is 248 g/mol. The summed E-state index contributed by atoms with van der Waals surface area (Å²) in [4.78, 5) is 15.3. The summed E-state index contributed by atoms with van der Waals surface area (Å²) in [6, 6.07) is 4.69. The highest BCUT2D eigenvalue weighted by Gasteiger charge is 2.12. The Bertz CT molecular complexity index is 600. The molecule has 0 aliphatic heterocycles. The molecular weight excluding hydrogens is 235 g/mol. The minimum atomic E-state index is -0.525. The predicted octanol–water partition coefficient (Wildman–Crippen LogP) is 1.11. The topological polar surface area (TPSA) is 80.0 Å². The van der Waals surface area contributed by atoms with Gasteiger partial charge in [0.25, 0.3) is 0 Å². The third kappa shape index (κ3) is 2.17. The minimum absolute atomic E-state index is 0.0248. The van der Waals surface area contributed by atoms with Crippen LogP contribution >= 0.6 is 0 Å². The first kappa shape index (κ1) is 12.1. The fourth-order valence-electron chi connectivity index (χ4n) is 1.66. The van der Waals surface area contributed by atoms with Crippen LogP contribution in [0.5, 0.6) is 0 Å². The number of nitrogen functional groups attached to an aromatic ring is 1. The third-order valence-corrected chi connectivity index (χ3v) is 2.58. The number of benzene rings is 1. The molecule has 0 radical (unpaired) electrons. The van der Waals surface area contributed by atoms with Gasteiger partial charge in [0.05, 0.1) is 17.7 Å². The van der Waals surface area contributed by atoms with Gasteiger partial charge < -0.3 is 16.4 Å². The zero-order valence-corrected chi connectivity index (χ0v) is 9.83. The van der Waals surface area contributed by atoms with E-state index in [2.05, 4.69) is 15.6 Å². The van der Waals surface area contributed by atoms with Crippen LogP contribution < -0.4 is 16.4 Å². The van der Waals surface area contributed by atoms with Gasteiger partial charge in [-0.3, -0.25) is 9.78 Å². The Morgan fingerprint density at radius 2 is 2.33 bits per heavy atom. The lowest BCUT2D eigenvalue weighted by atomic mass is 10.1. The Labute approximate surface area is 103 Å². The van der Waals surface area contributed by atoms with Crippen molar-refractivity contribution in [2.75, 3.05) is 24.6 Å². The summed E-state index contributed by atoms with van der Waals surface area (Å²) >= 11 is 0. The van der Waals surface area contributed by atoms with Gasteiger partial charge in [0.1, 0.15) is 0 Å². The summed E-state index contributed by atoms with van der Waals surface area (Å²) in [6.07, 6.45) is 1.55. The lowest BCUT2D eigenvalue weighted by Crippen LogP contribution is -2.26. The average Bonchev–Trinajstić information content (AvgIpc) is 2.38. The molecule has 0 atom stereocenters. The molecule has 0 spiro atoms. The van der Waals surface area contributed by atoms with Crippen LogP contribution in [0.1, 0.15) is 0 Å². The van der Waals surface area contributed by atoms with Crippen LogP contribution in [0.25, 0.3) is 10.9 Å². The molecule has 18 heavy (non-hydrogen) atoms. The van der Waals surface area contributed by atoms with Crippen molar-refractivity contribution in [2.24, 2.45) is 0 Å². The fraction of sp³-hybridized carbons (Fsp3) is 0.167. The standard InChI is InChI=1S/C12H13FN4O/c1-15-10(18)6-17-12-8(13)5-9(14)7-3-2-4-16-11(7)12/h2-5,17H,6,14H2,1H3,(H,15,18). The first-order valence-corrected chi connectivity index (χ1v) is 5.40. The molecule has 6 heteroatoms. The number of fused-ring (bicyclic) bond motifs is 1. The van der Waals surface area contributed by atoms with Crippen LogP contribution in [0.2, 0.25) is 0 Å². The highest BCUT2D eigenvalue weighted by atomic mass is 19.1. The molecule has 0 fully saturated rings. The number of hydrogen-bond donors (Lipinski definition) is 3. The molecule has 1 heterocycles. The number of nitrogens with zero attached hydrogens (tertiary/aromatic N) is 1. The molecule has 4 N–H and O–H groups in total. The smallest absolute Gasteiger partial charge is 0.239 e. The van der Waals surface area contributed by atoms with Crippen LogP contribution in [0.3, 0.4) is 0 Å². The second kappa shape index (κ2) is 4.87. The minimum Gasteiger partial charge on any atom is -0.398 e. The maximum atomic E-state index is 13.8. The number of aromatic nitrogens is 1. The summed E-state index contributed by atoms with van der Waals surface area (Å²) in [5.74, 6) is -0.766. The van der Waals surface area contributed by atoms with E-state index in [4.69, 9.17) is 5.73 Å². The van der Waals surface area contributed by atoms with Crippen molar-refractivity contribution in [2.45, 2.75) is 0 Å². The predicted molar refractivity (Wildman–Crippen MR) is 68.7 cm³/mol. The largest absolute Gasteiger partial charge is 0.398 e. The average molecular weight is 248 g/mol. The van der Waals surface area contributed by atoms with E-state index in [1.807, 2.05) is 0 Å². The molecule has 1 aromatic carbocycles. The third-order valence-electron chi connectivity index (χ3n) is 2.58. The summed E-state index contributed by atoms with van der Waals surface area (Å²) in [6.45, 7) is -0.0248. The van der Waals surface area contributed by atoms with E-state index in [1.165, 1.54) is 13.1 Å². The second-order valence-electron chi connectivity index (χ2n) is 3.75. The fourth-order valence-corrected chi connectivity index (χ4v) is 1.66. The number of pyridine rings is 1. The van der Waals surface area contributed by atoms with E-state index in [0.29, 0.717) is 16.6 Å². The van der Waals surface area contributed by atoms with Gasteiger partial charge in [0.15, 0.2) is 5.82 Å². The molecule has 0 saturated carbocycles. The van der Waals surface area contributed by atoms with Gasteiger partial charge >= 0.3 is 0 Å². The summed E-state index contributed by atoms with van der Waals surface area (Å²) < 4.78 is 13.8. The van der Waals surface area contributed by atoms with Crippen LogP contribution in [-0.4, -0.2) is 24.5 Å². The molecular formula is C12H13FN4O. The number of carbonyl (C=O) groups is 1. The maximum absolute atomic E-state index is 13.8. The number of halogens is 1. The lowest BCUT2D eigenvalue weighted by Gasteiger charge is -2.11. The Hall–Kier alpha value is -2.37. The molecule has 1 aromatic heterocycles. The van der Waals surface area contributed by atoms with Gasteiger partial charge in [0.2, 0.25) is 5.91 Å². The van der Waals surface area contributed by atoms with Gasteiger partial charge in [-0.05, 0) is 18.2 Å². The number of hydrogen-bond acceptors (Lipinski definition) is 4. The van der Waals surface area contributed by atoms with E-state index in [-0.39, 0.29) is 18.1 Å². The number of nitrogens with two attached hydrogens (primary N) is 1. The molecule has 2 rings (SSSR count). The van der Waals surface area contributed by atoms with Crippen LogP contribution in [0, 0.1) is 5.82 Å². The first-order valence-electron chi connectivity index (χ1n) is 5.40. The SMILES string of the molecule is CNC(=O)CNc1c(F)cc(N)c2cccnc12. The number of rotatable bonds is 3. The van der Waals surface area contributed by atoms with Crippen molar-refractivity contribution in [1.29, 1.82) is 0 Å². The van der Waals surface area contributed by atoms with E-state index >= 15 is 0 Å². The van der Waals surface area contributed by atoms with Crippen molar-refractivity contribution in [3.63, 3.8) is 0 Å². The number of nitrogens with one attached hydrogen (secondary N) is 2. The molecule has 5 nitrogen and oxygen atoms in total. The van der Waals surface area contributed by atoms with Gasteiger partial charge in [-0.2, -0.15) is 0 Å². The Morgan fingerprint density at radius 3 is 3.06 bits per heavy atom. The van der Waals surface area contributed by atoms with E-state index < -0.39 is 5.82 Å².